The molecule has 13 heavy (non-hydrogen) atoms. The number of hydrogen-bond donors (Lipinski definition) is 2. The molecule has 68 valence electrons. The van der Waals surface area contributed by atoms with Crippen LogP contribution in [0.15, 0.2) is 24.8 Å². The summed E-state index contributed by atoms with van der Waals surface area (Å²) in [4.78, 5) is 6.94. The van der Waals surface area contributed by atoms with Gasteiger partial charge in [0.1, 0.15) is 5.82 Å². The molecule has 0 atom stereocenters. The van der Waals surface area contributed by atoms with Crippen molar-refractivity contribution in [2.45, 2.75) is 6.54 Å². The third-order valence-electron chi connectivity index (χ3n) is 1.84. The maximum atomic E-state index is 4.04. The van der Waals surface area contributed by atoms with Gasteiger partial charge in [0.25, 0.3) is 0 Å². The van der Waals surface area contributed by atoms with E-state index >= 15 is 0 Å². The number of anilines is 1. The lowest BCUT2D eigenvalue weighted by Gasteiger charge is -2.03. The highest BCUT2D eigenvalue weighted by Crippen LogP contribution is 2.04. The fourth-order valence-corrected chi connectivity index (χ4v) is 1.11. The predicted molar refractivity (Wildman–Crippen MR) is 49.1 cm³/mol. The minimum Gasteiger partial charge on any atom is -0.365 e. The van der Waals surface area contributed by atoms with E-state index in [1.54, 1.807) is 23.4 Å². The zero-order chi connectivity index (χ0) is 9.10. The van der Waals surface area contributed by atoms with Crippen molar-refractivity contribution in [1.82, 2.24) is 19.7 Å². The second-order valence-electron chi connectivity index (χ2n) is 2.77. The number of rotatable bonds is 3. The molecule has 0 aliphatic rings. The minimum absolute atomic E-state index is 0.736. The molecule has 0 spiro atoms. The topological polar surface area (TPSA) is 58.5 Å². The number of hydrogen-bond acceptors (Lipinski definition) is 3. The van der Waals surface area contributed by atoms with E-state index in [1.165, 1.54) is 0 Å². The quantitative estimate of drug-likeness (QED) is 0.727. The molecule has 0 bridgehead atoms. The van der Waals surface area contributed by atoms with Crippen molar-refractivity contribution in [1.29, 1.82) is 0 Å². The fraction of sp³-hybridized carbons (Fsp3) is 0.250. The first-order chi connectivity index (χ1) is 6.36. The van der Waals surface area contributed by atoms with Gasteiger partial charge in [-0.15, -0.1) is 0 Å². The van der Waals surface area contributed by atoms with Crippen LogP contribution in [0.2, 0.25) is 0 Å². The van der Waals surface area contributed by atoms with Gasteiger partial charge in [-0.3, -0.25) is 4.68 Å². The van der Waals surface area contributed by atoms with Gasteiger partial charge >= 0.3 is 0 Å². The van der Waals surface area contributed by atoms with Crippen LogP contribution in [0, 0.1) is 0 Å². The average molecular weight is 177 g/mol. The van der Waals surface area contributed by atoms with E-state index in [4.69, 9.17) is 0 Å². The van der Waals surface area contributed by atoms with E-state index < -0.39 is 0 Å². The molecule has 0 aromatic carbocycles. The Kier molecular flexibility index (Phi) is 1.99. The number of imidazole rings is 1. The fourth-order valence-electron chi connectivity index (χ4n) is 1.11. The summed E-state index contributed by atoms with van der Waals surface area (Å²) in [5.41, 5.74) is 1.06. The van der Waals surface area contributed by atoms with Crippen LogP contribution in [0.1, 0.15) is 5.69 Å². The molecule has 0 fully saturated rings. The van der Waals surface area contributed by atoms with Crippen molar-refractivity contribution in [3.8, 4) is 0 Å². The normalized spacial score (nSPS) is 10.2. The Morgan fingerprint density at radius 2 is 2.54 bits per heavy atom. The Bertz CT molecular complexity index is 362. The highest BCUT2D eigenvalue weighted by atomic mass is 15.3. The molecule has 0 aliphatic heterocycles. The lowest BCUT2D eigenvalue weighted by atomic mass is 10.4. The molecule has 5 nitrogen and oxygen atoms in total. The van der Waals surface area contributed by atoms with Crippen LogP contribution in [0.25, 0.3) is 0 Å². The van der Waals surface area contributed by atoms with E-state index in [1.807, 2.05) is 13.1 Å². The minimum atomic E-state index is 0.736. The third kappa shape index (κ3) is 1.69. The highest BCUT2D eigenvalue weighted by Gasteiger charge is 1.97. The summed E-state index contributed by atoms with van der Waals surface area (Å²) >= 11 is 0. The van der Waals surface area contributed by atoms with Gasteiger partial charge in [-0.2, -0.15) is 5.10 Å². The molecule has 2 rings (SSSR count). The van der Waals surface area contributed by atoms with E-state index in [2.05, 4.69) is 20.4 Å². The van der Waals surface area contributed by atoms with Crippen molar-refractivity contribution < 1.29 is 0 Å². The first kappa shape index (κ1) is 7.85. The SMILES string of the molecule is Cn1nccc1NCc1cnc[nH]1. The molecular weight excluding hydrogens is 166 g/mol. The summed E-state index contributed by atoms with van der Waals surface area (Å²) in [6, 6.07) is 1.93. The van der Waals surface area contributed by atoms with Crippen LogP contribution >= 0.6 is 0 Å². The Morgan fingerprint density at radius 1 is 1.62 bits per heavy atom. The van der Waals surface area contributed by atoms with Crippen LogP contribution in [0.3, 0.4) is 0 Å². The van der Waals surface area contributed by atoms with Crippen LogP contribution in [-0.4, -0.2) is 19.7 Å². The summed E-state index contributed by atoms with van der Waals surface area (Å²) in [6.45, 7) is 0.736. The lowest BCUT2D eigenvalue weighted by Crippen LogP contribution is -2.04. The standard InChI is InChI=1S/C8H11N5/c1-13-8(2-3-12-13)10-5-7-4-9-6-11-7/h2-4,6,10H,5H2,1H3,(H,9,11). The predicted octanol–water partition coefficient (Wildman–Crippen LogP) is 0.755. The Hall–Kier alpha value is -1.78. The molecule has 0 amide bonds. The number of nitrogens with zero attached hydrogens (tertiary/aromatic N) is 3. The lowest BCUT2D eigenvalue weighted by molar-refractivity contribution is 0.768. The molecular formula is C8H11N5. The molecule has 2 heterocycles. The molecule has 5 heteroatoms. The maximum absolute atomic E-state index is 4.04. The van der Waals surface area contributed by atoms with Crippen molar-refractivity contribution in [3.63, 3.8) is 0 Å². The van der Waals surface area contributed by atoms with Gasteiger partial charge in [0.2, 0.25) is 0 Å². The first-order valence-corrected chi connectivity index (χ1v) is 4.05. The van der Waals surface area contributed by atoms with E-state index in [9.17, 15) is 0 Å². The van der Waals surface area contributed by atoms with E-state index in [0.29, 0.717) is 0 Å². The number of aryl methyl sites for hydroxylation is 1. The number of aromatic nitrogens is 4. The van der Waals surface area contributed by atoms with Gasteiger partial charge in [0, 0.05) is 19.3 Å². The molecule has 0 saturated heterocycles. The number of aromatic amines is 1. The van der Waals surface area contributed by atoms with Crippen molar-refractivity contribution in [2.24, 2.45) is 7.05 Å². The van der Waals surface area contributed by atoms with Crippen LogP contribution < -0.4 is 5.32 Å². The molecule has 0 radical (unpaired) electrons. The monoisotopic (exact) mass is 177 g/mol. The average Bonchev–Trinajstić information content (AvgIpc) is 2.72. The van der Waals surface area contributed by atoms with Crippen LogP contribution in [0.4, 0.5) is 5.82 Å². The van der Waals surface area contributed by atoms with Crippen molar-refractivity contribution in [3.05, 3.63) is 30.5 Å². The summed E-state index contributed by atoms with van der Waals surface area (Å²) in [6.07, 6.45) is 5.22. The molecule has 2 aromatic rings. The van der Waals surface area contributed by atoms with Gasteiger partial charge in [-0.25, -0.2) is 4.98 Å². The van der Waals surface area contributed by atoms with Gasteiger partial charge in [0.15, 0.2) is 0 Å². The Morgan fingerprint density at radius 3 is 3.15 bits per heavy atom. The smallest absolute Gasteiger partial charge is 0.124 e. The highest BCUT2D eigenvalue weighted by molar-refractivity contribution is 5.33. The Balaban J connectivity index is 1.97. The summed E-state index contributed by atoms with van der Waals surface area (Å²) < 4.78 is 1.79. The molecule has 0 unspecified atom stereocenters. The number of nitrogens with one attached hydrogen (secondary N) is 2. The second-order valence-corrected chi connectivity index (χ2v) is 2.77. The first-order valence-electron chi connectivity index (χ1n) is 4.05. The maximum Gasteiger partial charge on any atom is 0.124 e. The second kappa shape index (κ2) is 3.30. The summed E-state index contributed by atoms with van der Waals surface area (Å²) in [5, 5.41) is 7.27. The van der Waals surface area contributed by atoms with Crippen molar-refractivity contribution >= 4 is 5.82 Å². The zero-order valence-electron chi connectivity index (χ0n) is 7.36. The van der Waals surface area contributed by atoms with Gasteiger partial charge in [-0.05, 0) is 0 Å². The van der Waals surface area contributed by atoms with Crippen LogP contribution in [-0.2, 0) is 13.6 Å². The molecule has 2 aromatic heterocycles. The summed E-state index contributed by atoms with van der Waals surface area (Å²) in [7, 11) is 1.90. The Labute approximate surface area is 75.8 Å². The van der Waals surface area contributed by atoms with Gasteiger partial charge < -0.3 is 10.3 Å². The summed E-state index contributed by atoms with van der Waals surface area (Å²) in [5.74, 6) is 0.995. The van der Waals surface area contributed by atoms with Gasteiger partial charge in [-0.1, -0.05) is 0 Å². The molecule has 2 N–H and O–H groups in total. The molecule has 0 aliphatic carbocycles. The molecule has 0 saturated carbocycles. The number of H-pyrrole nitrogens is 1. The van der Waals surface area contributed by atoms with Crippen LogP contribution in [0.5, 0.6) is 0 Å². The van der Waals surface area contributed by atoms with E-state index in [0.717, 1.165) is 18.1 Å². The largest absolute Gasteiger partial charge is 0.365 e. The third-order valence-corrected chi connectivity index (χ3v) is 1.84. The van der Waals surface area contributed by atoms with Gasteiger partial charge in [0.05, 0.1) is 24.8 Å². The zero-order valence-corrected chi connectivity index (χ0v) is 7.36. The van der Waals surface area contributed by atoms with E-state index in [-0.39, 0.29) is 0 Å². The van der Waals surface area contributed by atoms with Crippen molar-refractivity contribution in [2.75, 3.05) is 5.32 Å².